The van der Waals surface area contributed by atoms with Crippen LogP contribution in [-0.4, -0.2) is 18.7 Å². The highest BCUT2D eigenvalue weighted by Crippen LogP contribution is 2.34. The Morgan fingerprint density at radius 3 is 2.15 bits per heavy atom. The molecule has 4 rings (SSSR count). The van der Waals surface area contributed by atoms with Crippen LogP contribution in [-0.2, 0) is 13.2 Å². The molecule has 9 heteroatoms. The van der Waals surface area contributed by atoms with Crippen molar-refractivity contribution in [3.8, 4) is 17.2 Å². The highest BCUT2D eigenvalue weighted by atomic mass is 35.5. The van der Waals surface area contributed by atoms with Crippen LogP contribution in [0.2, 0.25) is 15.1 Å². The van der Waals surface area contributed by atoms with Crippen molar-refractivity contribution in [2.75, 3.05) is 6.61 Å². The minimum atomic E-state index is -0.415. The number of ether oxygens (including phenoxy) is 3. The van der Waals surface area contributed by atoms with Gasteiger partial charge < -0.3 is 14.2 Å². The van der Waals surface area contributed by atoms with Crippen LogP contribution in [0.1, 0.15) is 34.0 Å². The zero-order valence-corrected chi connectivity index (χ0v) is 23.3. The number of hydrazone groups is 1. The quantitative estimate of drug-likeness (QED) is 0.144. The molecule has 0 saturated heterocycles. The van der Waals surface area contributed by atoms with Crippen LogP contribution in [0.5, 0.6) is 17.2 Å². The second kappa shape index (κ2) is 13.9. The summed E-state index contributed by atoms with van der Waals surface area (Å²) in [6.07, 6.45) is 1.44. The van der Waals surface area contributed by atoms with Gasteiger partial charge >= 0.3 is 0 Å². The van der Waals surface area contributed by atoms with Gasteiger partial charge in [0, 0.05) is 10.6 Å². The average Bonchev–Trinajstić information content (AvgIpc) is 2.93. The number of carbonyl (C=O) groups excluding carboxylic acids is 1. The van der Waals surface area contributed by atoms with Crippen molar-refractivity contribution in [2.24, 2.45) is 5.10 Å². The summed E-state index contributed by atoms with van der Waals surface area (Å²) in [6, 6.07) is 25.3. The first-order valence-electron chi connectivity index (χ1n) is 12.1. The second-order valence-electron chi connectivity index (χ2n) is 8.30. The number of hydrogen-bond acceptors (Lipinski definition) is 5. The lowest BCUT2D eigenvalue weighted by atomic mass is 10.2. The number of nitrogens with one attached hydrogen (secondary N) is 1. The summed E-state index contributed by atoms with van der Waals surface area (Å²) in [6.45, 7) is 2.95. The molecular formula is C30H25Cl3N2O4. The Bertz CT molecular complexity index is 1420. The zero-order valence-electron chi connectivity index (χ0n) is 21.0. The smallest absolute Gasteiger partial charge is 0.271 e. The van der Waals surface area contributed by atoms with E-state index in [1.54, 1.807) is 42.5 Å². The fourth-order valence-corrected chi connectivity index (χ4v) is 4.27. The molecule has 0 radical (unpaired) electrons. The molecule has 0 bridgehead atoms. The SMILES string of the molecule is CCOc1cc(C(=O)N/N=C/c2cc(Cl)c(OCc3ccc(Cl)cc3)c(Cl)c2)ccc1OCc1ccccc1. The number of nitrogens with zero attached hydrogens (tertiary/aromatic N) is 1. The summed E-state index contributed by atoms with van der Waals surface area (Å²) in [7, 11) is 0. The van der Waals surface area contributed by atoms with Crippen LogP contribution >= 0.6 is 34.8 Å². The number of rotatable bonds is 11. The van der Waals surface area contributed by atoms with E-state index in [9.17, 15) is 4.79 Å². The Kier molecular flexibility index (Phi) is 10.1. The van der Waals surface area contributed by atoms with Gasteiger partial charge in [0.15, 0.2) is 17.2 Å². The summed E-state index contributed by atoms with van der Waals surface area (Å²) in [5.74, 6) is 0.954. The molecule has 4 aromatic rings. The molecule has 1 amide bonds. The van der Waals surface area contributed by atoms with E-state index >= 15 is 0 Å². The maximum Gasteiger partial charge on any atom is 0.271 e. The van der Waals surface area contributed by atoms with Gasteiger partial charge in [-0.05, 0) is 66.1 Å². The zero-order chi connectivity index (χ0) is 27.6. The third-order valence-electron chi connectivity index (χ3n) is 5.44. The number of benzene rings is 4. The molecule has 0 heterocycles. The summed E-state index contributed by atoms with van der Waals surface area (Å²) in [5, 5.41) is 5.31. The fourth-order valence-electron chi connectivity index (χ4n) is 3.53. The number of halogens is 3. The maximum atomic E-state index is 12.7. The van der Waals surface area contributed by atoms with Crippen LogP contribution in [0, 0.1) is 0 Å². The third-order valence-corrected chi connectivity index (χ3v) is 6.25. The van der Waals surface area contributed by atoms with E-state index in [2.05, 4.69) is 10.5 Å². The van der Waals surface area contributed by atoms with Gasteiger partial charge in [0.2, 0.25) is 0 Å². The van der Waals surface area contributed by atoms with Crippen LogP contribution in [0.4, 0.5) is 0 Å². The second-order valence-corrected chi connectivity index (χ2v) is 9.55. The molecule has 0 aromatic heterocycles. The van der Waals surface area contributed by atoms with Crippen molar-refractivity contribution in [3.63, 3.8) is 0 Å². The lowest BCUT2D eigenvalue weighted by Gasteiger charge is -2.13. The van der Waals surface area contributed by atoms with Crippen LogP contribution in [0.3, 0.4) is 0 Å². The van der Waals surface area contributed by atoms with Crippen LogP contribution in [0.25, 0.3) is 0 Å². The molecular weight excluding hydrogens is 559 g/mol. The molecule has 1 N–H and O–H groups in total. The summed E-state index contributed by atoms with van der Waals surface area (Å²) < 4.78 is 17.4. The summed E-state index contributed by atoms with van der Waals surface area (Å²) in [4.78, 5) is 12.7. The molecule has 0 spiro atoms. The molecule has 0 atom stereocenters. The predicted molar refractivity (Wildman–Crippen MR) is 156 cm³/mol. The van der Waals surface area contributed by atoms with Gasteiger partial charge in [0.25, 0.3) is 5.91 Å². The molecule has 0 aliphatic carbocycles. The first-order valence-corrected chi connectivity index (χ1v) is 13.2. The lowest BCUT2D eigenvalue weighted by molar-refractivity contribution is 0.0954. The van der Waals surface area contributed by atoms with E-state index in [4.69, 9.17) is 49.0 Å². The van der Waals surface area contributed by atoms with E-state index in [0.29, 0.717) is 56.7 Å². The maximum absolute atomic E-state index is 12.7. The first-order chi connectivity index (χ1) is 18.9. The molecule has 0 aliphatic rings. The van der Waals surface area contributed by atoms with E-state index in [0.717, 1.165) is 11.1 Å². The standard InChI is InChI=1S/C30H25Cl3N2O4/c1-2-37-28-16-23(10-13-27(28)38-18-20-6-4-3-5-7-20)30(36)35-34-17-22-14-25(32)29(26(33)15-22)39-19-21-8-11-24(31)12-9-21/h3-17H,2,18-19H2,1H3,(H,35,36)/b34-17+. The minimum Gasteiger partial charge on any atom is -0.490 e. The van der Waals surface area contributed by atoms with Gasteiger partial charge in [0.05, 0.1) is 22.9 Å². The Labute approximate surface area is 242 Å². The van der Waals surface area contributed by atoms with Crippen molar-refractivity contribution in [3.05, 3.63) is 122 Å². The Morgan fingerprint density at radius 2 is 1.46 bits per heavy atom. The van der Waals surface area contributed by atoms with Crippen molar-refractivity contribution in [1.82, 2.24) is 5.43 Å². The summed E-state index contributed by atoms with van der Waals surface area (Å²) in [5.41, 5.74) is 5.40. The topological polar surface area (TPSA) is 69.2 Å². The fraction of sp³-hybridized carbons (Fsp3) is 0.133. The van der Waals surface area contributed by atoms with Gasteiger partial charge in [-0.15, -0.1) is 0 Å². The van der Waals surface area contributed by atoms with Gasteiger partial charge in [-0.25, -0.2) is 5.43 Å². The normalized spacial score (nSPS) is 10.9. The predicted octanol–water partition coefficient (Wildman–Crippen LogP) is 7.97. The monoisotopic (exact) mass is 582 g/mol. The van der Waals surface area contributed by atoms with Crippen LogP contribution in [0.15, 0.2) is 90.0 Å². The molecule has 0 fully saturated rings. The van der Waals surface area contributed by atoms with Gasteiger partial charge in [-0.3, -0.25) is 4.79 Å². The highest BCUT2D eigenvalue weighted by molar-refractivity contribution is 6.37. The van der Waals surface area contributed by atoms with Crippen molar-refractivity contribution in [2.45, 2.75) is 20.1 Å². The Balaban J connectivity index is 1.37. The van der Waals surface area contributed by atoms with Crippen molar-refractivity contribution in [1.29, 1.82) is 0 Å². The molecule has 4 aromatic carbocycles. The van der Waals surface area contributed by atoms with E-state index in [1.807, 2.05) is 49.4 Å². The van der Waals surface area contributed by atoms with Crippen molar-refractivity contribution >= 4 is 46.9 Å². The van der Waals surface area contributed by atoms with Gasteiger partial charge in [0.1, 0.15) is 13.2 Å². The van der Waals surface area contributed by atoms with Gasteiger partial charge in [-0.1, -0.05) is 77.3 Å². The highest BCUT2D eigenvalue weighted by Gasteiger charge is 2.13. The van der Waals surface area contributed by atoms with Crippen LogP contribution < -0.4 is 19.6 Å². The van der Waals surface area contributed by atoms with Gasteiger partial charge in [-0.2, -0.15) is 5.10 Å². The molecule has 0 saturated carbocycles. The molecule has 39 heavy (non-hydrogen) atoms. The van der Waals surface area contributed by atoms with E-state index in [1.165, 1.54) is 6.21 Å². The number of carbonyl (C=O) groups is 1. The summed E-state index contributed by atoms with van der Waals surface area (Å²) >= 11 is 18.7. The van der Waals surface area contributed by atoms with E-state index < -0.39 is 5.91 Å². The molecule has 6 nitrogen and oxygen atoms in total. The lowest BCUT2D eigenvalue weighted by Crippen LogP contribution is -2.17. The average molecular weight is 584 g/mol. The molecule has 0 aliphatic heterocycles. The molecule has 200 valence electrons. The first kappa shape index (κ1) is 28.3. The largest absolute Gasteiger partial charge is 0.490 e. The molecule has 0 unspecified atom stereocenters. The number of amides is 1. The number of hydrogen-bond donors (Lipinski definition) is 1. The Hall–Kier alpha value is -3.71. The van der Waals surface area contributed by atoms with Crippen molar-refractivity contribution < 1.29 is 19.0 Å². The minimum absolute atomic E-state index is 0.278. The third kappa shape index (κ3) is 8.14. The Morgan fingerprint density at radius 1 is 0.795 bits per heavy atom. The van der Waals surface area contributed by atoms with E-state index in [-0.39, 0.29) is 6.61 Å².